The van der Waals surface area contributed by atoms with E-state index in [9.17, 15) is 9.59 Å². The van der Waals surface area contributed by atoms with Crippen molar-refractivity contribution in [3.63, 3.8) is 0 Å². The van der Waals surface area contributed by atoms with Gasteiger partial charge in [-0.1, -0.05) is 32.9 Å². The minimum atomic E-state index is -0.437. The number of rotatable bonds is 7. The van der Waals surface area contributed by atoms with Gasteiger partial charge in [0.05, 0.1) is 6.61 Å². The van der Waals surface area contributed by atoms with Crippen LogP contribution in [-0.2, 0) is 14.3 Å². The minimum Gasteiger partial charge on any atom is -0.462 e. The number of ether oxygens (including phenoxy) is 1. The normalized spacial score (nSPS) is 17.6. The number of carbonyl (C=O) groups is 2. The van der Waals surface area contributed by atoms with Gasteiger partial charge in [0.1, 0.15) is 5.57 Å². The molecule has 0 aromatic heterocycles. The van der Waals surface area contributed by atoms with Crippen molar-refractivity contribution in [1.82, 2.24) is 0 Å². The molecule has 0 fully saturated rings. The topological polar surface area (TPSA) is 43.4 Å². The van der Waals surface area contributed by atoms with E-state index in [1.807, 2.05) is 20.8 Å². The molecular weight excluding hydrogens is 312 g/mol. The van der Waals surface area contributed by atoms with Crippen LogP contribution in [0, 0.1) is 5.92 Å². The largest absolute Gasteiger partial charge is 0.462 e. The summed E-state index contributed by atoms with van der Waals surface area (Å²) in [5, 5.41) is 0. The second-order valence-corrected chi connectivity index (χ2v) is 7.47. The lowest BCUT2D eigenvalue weighted by Crippen LogP contribution is -2.21. The molecule has 0 unspecified atom stereocenters. The maximum absolute atomic E-state index is 12.8. The van der Waals surface area contributed by atoms with E-state index in [1.54, 1.807) is 0 Å². The average molecular weight is 344 g/mol. The lowest BCUT2D eigenvalue weighted by molar-refractivity contribution is -0.141. The van der Waals surface area contributed by atoms with Gasteiger partial charge in [-0.15, -0.1) is 0 Å². The van der Waals surface area contributed by atoms with Crippen LogP contribution in [0.5, 0.6) is 0 Å². The van der Waals surface area contributed by atoms with Crippen molar-refractivity contribution in [1.29, 1.82) is 0 Å². The van der Waals surface area contributed by atoms with Gasteiger partial charge >= 0.3 is 5.97 Å². The Balaban J connectivity index is 2.51. The number of allylic oxidation sites excluding steroid dienone is 5. The molecule has 0 radical (unpaired) electrons. The molecule has 0 N–H and O–H groups in total. The Morgan fingerprint density at radius 3 is 1.96 bits per heavy atom. The first-order chi connectivity index (χ1) is 12.0. The Kier molecular flexibility index (Phi) is 7.67. The van der Waals surface area contributed by atoms with Crippen LogP contribution in [0.4, 0.5) is 0 Å². The summed E-state index contributed by atoms with van der Waals surface area (Å²) in [5.41, 5.74) is 3.56. The van der Waals surface area contributed by atoms with E-state index in [1.165, 1.54) is 24.0 Å². The van der Waals surface area contributed by atoms with Gasteiger partial charge in [0, 0.05) is 6.42 Å². The quantitative estimate of drug-likeness (QED) is 0.266. The van der Waals surface area contributed by atoms with Crippen molar-refractivity contribution >= 4 is 11.8 Å². The van der Waals surface area contributed by atoms with Gasteiger partial charge < -0.3 is 4.74 Å². The van der Waals surface area contributed by atoms with Crippen LogP contribution in [0.1, 0.15) is 78.6 Å². The van der Waals surface area contributed by atoms with Gasteiger partial charge in [-0.25, -0.2) is 4.79 Å². The Bertz CT molecular complexity index is 562. The van der Waals surface area contributed by atoms with Gasteiger partial charge in [-0.05, 0) is 74.0 Å². The summed E-state index contributed by atoms with van der Waals surface area (Å²) in [7, 11) is 0. The predicted octanol–water partition coefficient (Wildman–Crippen LogP) is 5.46. The molecule has 3 nitrogen and oxygen atoms in total. The zero-order valence-corrected chi connectivity index (χ0v) is 16.0. The summed E-state index contributed by atoms with van der Waals surface area (Å²) in [5.74, 6) is -0.275. The predicted molar refractivity (Wildman–Crippen MR) is 101 cm³/mol. The smallest absolute Gasteiger partial charge is 0.342 e. The number of ketones is 1. The van der Waals surface area contributed by atoms with Crippen LogP contribution in [0.2, 0.25) is 0 Å². The molecule has 0 atom stereocenters. The maximum Gasteiger partial charge on any atom is 0.342 e. The molecule has 25 heavy (non-hydrogen) atoms. The summed E-state index contributed by atoms with van der Waals surface area (Å²) in [4.78, 5) is 25.5. The molecule has 0 aromatic carbocycles. The van der Waals surface area contributed by atoms with Gasteiger partial charge in [-0.3, -0.25) is 4.79 Å². The van der Waals surface area contributed by atoms with Crippen molar-refractivity contribution in [2.45, 2.75) is 78.6 Å². The fourth-order valence-electron chi connectivity index (χ4n) is 3.50. The molecule has 138 valence electrons. The monoisotopic (exact) mass is 344 g/mol. The first kappa shape index (κ1) is 19.7. The van der Waals surface area contributed by atoms with Crippen LogP contribution < -0.4 is 0 Å². The molecule has 0 amide bonds. The summed E-state index contributed by atoms with van der Waals surface area (Å²) in [6, 6.07) is 0. The molecule has 0 heterocycles. The van der Waals surface area contributed by atoms with Crippen molar-refractivity contribution in [3.8, 4) is 0 Å². The van der Waals surface area contributed by atoms with E-state index in [4.69, 9.17) is 4.74 Å². The van der Waals surface area contributed by atoms with E-state index in [0.29, 0.717) is 18.6 Å². The van der Waals surface area contributed by atoms with Gasteiger partial charge in [-0.2, -0.15) is 0 Å². The standard InChI is InChI=1S/C22H32O3/c1-4-19(23)21(22(24)25-15-16(2)3)20(17-11-7-5-8-12-17)18-13-9-6-10-14-18/h11,13,16H,4-10,12,14-15H2,1-3H3. The van der Waals surface area contributed by atoms with Crippen molar-refractivity contribution in [2.75, 3.05) is 6.61 Å². The lowest BCUT2D eigenvalue weighted by atomic mass is 9.81. The Hall–Kier alpha value is -1.64. The lowest BCUT2D eigenvalue weighted by Gasteiger charge is -2.24. The molecule has 0 saturated carbocycles. The number of esters is 1. The van der Waals surface area contributed by atoms with E-state index < -0.39 is 5.97 Å². The Morgan fingerprint density at radius 2 is 1.56 bits per heavy atom. The van der Waals surface area contributed by atoms with E-state index in [0.717, 1.165) is 44.1 Å². The van der Waals surface area contributed by atoms with Crippen molar-refractivity contribution in [3.05, 3.63) is 34.4 Å². The highest BCUT2D eigenvalue weighted by Gasteiger charge is 2.28. The molecule has 3 heteroatoms. The van der Waals surface area contributed by atoms with Gasteiger partial charge in [0.2, 0.25) is 0 Å². The van der Waals surface area contributed by atoms with E-state index in [-0.39, 0.29) is 11.7 Å². The molecule has 0 spiro atoms. The van der Waals surface area contributed by atoms with Gasteiger partial charge in [0.15, 0.2) is 5.78 Å². The van der Waals surface area contributed by atoms with Crippen LogP contribution >= 0.6 is 0 Å². The van der Waals surface area contributed by atoms with E-state index in [2.05, 4.69) is 12.2 Å². The fourth-order valence-corrected chi connectivity index (χ4v) is 3.50. The highest BCUT2D eigenvalue weighted by atomic mass is 16.5. The second kappa shape index (κ2) is 9.74. The van der Waals surface area contributed by atoms with Crippen molar-refractivity contribution < 1.29 is 14.3 Å². The first-order valence-corrected chi connectivity index (χ1v) is 9.88. The average Bonchev–Trinajstić information content (AvgIpc) is 2.64. The highest BCUT2D eigenvalue weighted by molar-refractivity contribution is 6.19. The Labute approximate surface area is 152 Å². The molecule has 0 aliphatic heterocycles. The molecular formula is C22H32O3. The molecule has 0 aromatic rings. The summed E-state index contributed by atoms with van der Waals surface area (Å²) in [6.45, 7) is 6.18. The summed E-state index contributed by atoms with van der Waals surface area (Å²) < 4.78 is 5.48. The third-order valence-corrected chi connectivity index (χ3v) is 4.83. The van der Waals surface area contributed by atoms with Crippen LogP contribution in [-0.4, -0.2) is 18.4 Å². The second-order valence-electron chi connectivity index (χ2n) is 7.47. The zero-order valence-electron chi connectivity index (χ0n) is 16.0. The Morgan fingerprint density at radius 1 is 1.00 bits per heavy atom. The van der Waals surface area contributed by atoms with Crippen LogP contribution in [0.25, 0.3) is 0 Å². The molecule has 2 aliphatic rings. The van der Waals surface area contributed by atoms with Crippen LogP contribution in [0.3, 0.4) is 0 Å². The van der Waals surface area contributed by atoms with Crippen LogP contribution in [0.15, 0.2) is 34.4 Å². The van der Waals surface area contributed by atoms with Gasteiger partial charge in [0.25, 0.3) is 0 Å². The molecule has 0 bridgehead atoms. The molecule has 2 aliphatic carbocycles. The third kappa shape index (κ3) is 5.42. The molecule has 0 saturated heterocycles. The number of Topliss-reactive ketones (excluding diaryl/α,β-unsaturated/α-hetero) is 1. The fraction of sp³-hybridized carbons (Fsp3) is 0.636. The third-order valence-electron chi connectivity index (χ3n) is 4.83. The molecule has 2 rings (SSSR count). The first-order valence-electron chi connectivity index (χ1n) is 9.88. The number of hydrogen-bond acceptors (Lipinski definition) is 3. The number of hydrogen-bond donors (Lipinski definition) is 0. The van der Waals surface area contributed by atoms with E-state index >= 15 is 0 Å². The maximum atomic E-state index is 12.8. The summed E-state index contributed by atoms with van der Waals surface area (Å²) >= 11 is 0. The number of carbonyl (C=O) groups excluding carboxylic acids is 2. The SMILES string of the molecule is CCC(=O)C(C(=O)OCC(C)C)=C(C1=CCCCC1)C1=CCCCC1. The summed E-state index contributed by atoms with van der Waals surface area (Å²) in [6.07, 6.45) is 13.4. The highest BCUT2D eigenvalue weighted by Crippen LogP contribution is 2.36. The minimum absolute atomic E-state index is 0.0956. The van der Waals surface area contributed by atoms with Crippen molar-refractivity contribution in [2.24, 2.45) is 5.92 Å². The zero-order chi connectivity index (χ0) is 18.2.